The molecule has 0 aliphatic carbocycles. The monoisotopic (exact) mass is 1410 g/mol. The van der Waals surface area contributed by atoms with E-state index in [4.69, 9.17) is 37.0 Å². The summed E-state index contributed by atoms with van der Waals surface area (Å²) < 4.78 is 68.6. The number of hydrogen-bond acceptors (Lipinski definition) is 15. The van der Waals surface area contributed by atoms with Crippen molar-refractivity contribution in [2.45, 2.75) is 425 Å². The van der Waals surface area contributed by atoms with E-state index < -0.39 is 97.5 Å². The van der Waals surface area contributed by atoms with Crippen molar-refractivity contribution in [3.8, 4) is 0 Å². The average molecular weight is 1410 g/mol. The summed E-state index contributed by atoms with van der Waals surface area (Å²) in [6, 6.07) is 0. The zero-order valence-corrected chi connectivity index (χ0v) is 64.3. The Bertz CT molecular complexity index is 1840. The molecule has 0 fully saturated rings. The molecule has 0 spiro atoms. The van der Waals surface area contributed by atoms with Crippen LogP contribution in [0.1, 0.15) is 407 Å². The maximum atomic E-state index is 13.1. The summed E-state index contributed by atoms with van der Waals surface area (Å²) in [6.07, 6.45) is 59.5. The molecule has 0 bridgehead atoms. The predicted octanol–water partition coefficient (Wildman–Crippen LogP) is 22.9. The number of phosphoric acid groups is 2. The normalized spacial score (nSPS) is 13.9. The molecule has 19 heteroatoms. The van der Waals surface area contributed by atoms with Crippen LogP contribution in [0.3, 0.4) is 0 Å². The Hall–Kier alpha value is -1.94. The highest BCUT2D eigenvalue weighted by Gasteiger charge is 2.30. The van der Waals surface area contributed by atoms with Gasteiger partial charge in [0.05, 0.1) is 26.4 Å². The molecule has 0 heterocycles. The fourth-order valence-corrected chi connectivity index (χ4v) is 13.5. The van der Waals surface area contributed by atoms with Crippen LogP contribution < -0.4 is 0 Å². The molecule has 0 saturated heterocycles. The van der Waals surface area contributed by atoms with E-state index in [1.165, 1.54) is 231 Å². The fourth-order valence-electron chi connectivity index (χ4n) is 11.9. The smallest absolute Gasteiger partial charge is 0.462 e. The summed E-state index contributed by atoms with van der Waals surface area (Å²) in [5.74, 6) is -1.35. The first-order valence-electron chi connectivity index (χ1n) is 40.1. The first-order chi connectivity index (χ1) is 46.5. The van der Waals surface area contributed by atoms with E-state index in [0.717, 1.165) is 95.8 Å². The molecule has 0 rings (SSSR count). The quantitative estimate of drug-likeness (QED) is 0.0222. The number of carbonyl (C=O) groups is 4. The predicted molar refractivity (Wildman–Crippen MR) is 391 cm³/mol. The lowest BCUT2D eigenvalue weighted by Gasteiger charge is -2.21. The molecule has 3 N–H and O–H groups in total. The van der Waals surface area contributed by atoms with Gasteiger partial charge in [-0.15, -0.1) is 0 Å². The van der Waals surface area contributed by atoms with Gasteiger partial charge < -0.3 is 33.8 Å². The third kappa shape index (κ3) is 70.5. The second-order valence-electron chi connectivity index (χ2n) is 28.2. The molecule has 96 heavy (non-hydrogen) atoms. The molecule has 0 radical (unpaired) electrons. The molecule has 0 saturated carbocycles. The lowest BCUT2D eigenvalue weighted by molar-refractivity contribution is -0.161. The summed E-state index contributed by atoms with van der Waals surface area (Å²) >= 11 is 0. The van der Waals surface area contributed by atoms with Crippen molar-refractivity contribution < 1.29 is 80.2 Å². The minimum Gasteiger partial charge on any atom is -0.462 e. The first kappa shape index (κ1) is 94.1. The van der Waals surface area contributed by atoms with E-state index in [1.807, 2.05) is 0 Å². The number of aliphatic hydroxyl groups excluding tert-OH is 1. The van der Waals surface area contributed by atoms with E-state index in [-0.39, 0.29) is 25.7 Å². The zero-order chi connectivity index (χ0) is 70.5. The summed E-state index contributed by atoms with van der Waals surface area (Å²) in [7, 11) is -9.91. The van der Waals surface area contributed by atoms with E-state index in [0.29, 0.717) is 25.7 Å². The van der Waals surface area contributed by atoms with Gasteiger partial charge in [0, 0.05) is 25.7 Å². The third-order valence-electron chi connectivity index (χ3n) is 18.0. The lowest BCUT2D eigenvalue weighted by Crippen LogP contribution is -2.30. The van der Waals surface area contributed by atoms with Crippen molar-refractivity contribution in [3.63, 3.8) is 0 Å². The first-order valence-corrected chi connectivity index (χ1v) is 43.1. The molecule has 2 unspecified atom stereocenters. The van der Waals surface area contributed by atoms with Crippen LogP contribution in [-0.4, -0.2) is 96.7 Å². The Labute approximate surface area is 588 Å². The van der Waals surface area contributed by atoms with Gasteiger partial charge in [0.15, 0.2) is 12.2 Å². The fraction of sp³-hybridized carbons (Fsp3) is 0.948. The molecule has 0 aliphatic rings. The van der Waals surface area contributed by atoms with Gasteiger partial charge in [-0.25, -0.2) is 9.13 Å². The number of esters is 4. The lowest BCUT2D eigenvalue weighted by atomic mass is 10.0. The van der Waals surface area contributed by atoms with Crippen molar-refractivity contribution in [3.05, 3.63) is 0 Å². The number of rotatable bonds is 77. The summed E-state index contributed by atoms with van der Waals surface area (Å²) in [4.78, 5) is 72.9. The number of phosphoric ester groups is 2. The van der Waals surface area contributed by atoms with Gasteiger partial charge in [-0.05, 0) is 31.6 Å². The van der Waals surface area contributed by atoms with E-state index in [9.17, 15) is 43.2 Å². The Kier molecular flexibility index (Phi) is 68.7. The third-order valence-corrected chi connectivity index (χ3v) is 19.9. The highest BCUT2D eigenvalue weighted by Crippen LogP contribution is 2.45. The van der Waals surface area contributed by atoms with E-state index >= 15 is 0 Å². The Morgan fingerprint density at radius 1 is 0.281 bits per heavy atom. The summed E-state index contributed by atoms with van der Waals surface area (Å²) in [5, 5.41) is 10.6. The minimum absolute atomic E-state index is 0.108. The number of aliphatic hydroxyl groups is 1. The largest absolute Gasteiger partial charge is 0.472 e. The zero-order valence-electron chi connectivity index (χ0n) is 62.5. The molecule has 0 aromatic rings. The number of ether oxygens (including phenoxy) is 4. The molecule has 0 amide bonds. The average Bonchev–Trinajstić information content (AvgIpc) is 1.58. The summed E-state index contributed by atoms with van der Waals surface area (Å²) in [6.45, 7) is 7.30. The van der Waals surface area contributed by atoms with Crippen LogP contribution >= 0.6 is 15.6 Å². The van der Waals surface area contributed by atoms with Crippen LogP contribution in [-0.2, 0) is 65.4 Å². The van der Waals surface area contributed by atoms with Crippen molar-refractivity contribution >= 4 is 39.5 Å². The van der Waals surface area contributed by atoms with Gasteiger partial charge in [-0.2, -0.15) is 0 Å². The van der Waals surface area contributed by atoms with Crippen molar-refractivity contribution in [2.24, 2.45) is 5.92 Å². The van der Waals surface area contributed by atoms with Gasteiger partial charge in [-0.3, -0.25) is 37.3 Å². The van der Waals surface area contributed by atoms with Crippen molar-refractivity contribution in [1.29, 1.82) is 0 Å². The van der Waals surface area contributed by atoms with Gasteiger partial charge in [-0.1, -0.05) is 356 Å². The standard InChI is InChI=1S/C77H150O17P2/c1-6-9-12-15-18-21-24-27-28-29-30-31-32-33-36-43-48-53-58-63-77(82)94-73(67-88-75(80)61-56-51-46-41-38-37-39-44-49-54-59-70(4)5)69-92-96(85,86)90-65-71(78)64-89-95(83,84)91-68-72(93-76(81)62-57-52-47-42-35-26-23-20-17-14-11-8-3)66-87-74(79)60-55-50-45-40-34-25-22-19-16-13-10-7-2/h70-73,78H,6-69H2,1-5H3,(H,83,84)(H,85,86)/t71-,72+,73+/m0/s1. The van der Waals surface area contributed by atoms with E-state index in [1.54, 1.807) is 0 Å². The van der Waals surface area contributed by atoms with Crippen LogP contribution in [0, 0.1) is 5.92 Å². The Morgan fingerprint density at radius 3 is 0.708 bits per heavy atom. The summed E-state index contributed by atoms with van der Waals surface area (Å²) in [5.41, 5.74) is 0. The molecule has 570 valence electrons. The topological polar surface area (TPSA) is 237 Å². The van der Waals surface area contributed by atoms with Crippen LogP contribution in [0.2, 0.25) is 0 Å². The van der Waals surface area contributed by atoms with Crippen molar-refractivity contribution in [1.82, 2.24) is 0 Å². The number of unbranched alkanes of at least 4 members (excludes halogenated alkanes) is 49. The minimum atomic E-state index is -4.96. The maximum Gasteiger partial charge on any atom is 0.472 e. The second kappa shape index (κ2) is 70.1. The molecule has 5 atom stereocenters. The van der Waals surface area contributed by atoms with Crippen LogP contribution in [0.15, 0.2) is 0 Å². The molecule has 0 aromatic carbocycles. The molecule has 17 nitrogen and oxygen atoms in total. The van der Waals surface area contributed by atoms with E-state index in [2.05, 4.69) is 34.6 Å². The highest BCUT2D eigenvalue weighted by molar-refractivity contribution is 7.47. The molecule has 0 aliphatic heterocycles. The van der Waals surface area contributed by atoms with Crippen molar-refractivity contribution in [2.75, 3.05) is 39.6 Å². The van der Waals surface area contributed by atoms with Crippen LogP contribution in [0.5, 0.6) is 0 Å². The van der Waals surface area contributed by atoms with Crippen LogP contribution in [0.4, 0.5) is 0 Å². The van der Waals surface area contributed by atoms with Gasteiger partial charge >= 0.3 is 39.5 Å². The number of hydrogen-bond donors (Lipinski definition) is 3. The Balaban J connectivity index is 5.23. The Morgan fingerprint density at radius 2 is 0.479 bits per heavy atom. The molecule has 0 aromatic heterocycles. The second-order valence-corrected chi connectivity index (χ2v) is 31.1. The number of carbonyl (C=O) groups excluding carboxylic acids is 4. The van der Waals surface area contributed by atoms with Gasteiger partial charge in [0.1, 0.15) is 19.3 Å². The molecular formula is C77H150O17P2. The van der Waals surface area contributed by atoms with Gasteiger partial charge in [0.25, 0.3) is 0 Å². The maximum absolute atomic E-state index is 13.1. The highest BCUT2D eigenvalue weighted by atomic mass is 31.2. The van der Waals surface area contributed by atoms with Crippen LogP contribution in [0.25, 0.3) is 0 Å². The molecular weight excluding hydrogens is 1260 g/mol. The SMILES string of the molecule is CCCCCCCCCCCCCCCCCCCCCC(=O)O[C@H](COC(=O)CCCCCCCCCCCCC(C)C)COP(=O)(O)OC[C@@H](O)COP(=O)(O)OC[C@@H](COC(=O)CCCCCCCCCCCCCC)OC(=O)CCCCCCCCCCCCCC. The van der Waals surface area contributed by atoms with Gasteiger partial charge in [0.2, 0.25) is 0 Å².